The second-order valence-electron chi connectivity index (χ2n) is 3.36. The topological polar surface area (TPSA) is 79.4 Å². The summed E-state index contributed by atoms with van der Waals surface area (Å²) in [4.78, 5) is 39.6. The van der Waals surface area contributed by atoms with Crippen LogP contribution in [0.15, 0.2) is 6.20 Å². The molecule has 0 saturated carbocycles. The zero-order valence-corrected chi connectivity index (χ0v) is 9.34. The third kappa shape index (κ3) is 2.08. The lowest BCUT2D eigenvalue weighted by molar-refractivity contribution is -0.136. The Labute approximate surface area is 95.3 Å². The van der Waals surface area contributed by atoms with Crippen molar-refractivity contribution in [3.05, 3.63) is 16.1 Å². The maximum atomic E-state index is 11.5. The van der Waals surface area contributed by atoms with Crippen LogP contribution in [-0.4, -0.2) is 27.7 Å². The van der Waals surface area contributed by atoms with Gasteiger partial charge in [-0.1, -0.05) is 0 Å². The third-order valence-corrected chi connectivity index (χ3v) is 2.98. The number of carbonyl (C=O) groups is 3. The molecule has 1 aliphatic heterocycles. The summed E-state index contributed by atoms with van der Waals surface area (Å²) in [6.07, 6.45) is 1.35. The van der Waals surface area contributed by atoms with Crippen LogP contribution in [0.3, 0.4) is 0 Å². The third-order valence-electron chi connectivity index (χ3n) is 2.09. The first-order chi connectivity index (χ1) is 7.56. The molecular weight excluding hydrogens is 230 g/mol. The van der Waals surface area contributed by atoms with Crippen LogP contribution >= 0.6 is 11.3 Å². The van der Waals surface area contributed by atoms with Crippen LogP contribution < -0.4 is 5.32 Å². The van der Waals surface area contributed by atoms with Gasteiger partial charge in [-0.15, -0.1) is 11.3 Å². The normalized spacial score (nSPS) is 16.6. The molecule has 1 fully saturated rings. The van der Waals surface area contributed by atoms with E-state index in [1.54, 1.807) is 6.20 Å². The number of urea groups is 1. The fraction of sp³-hybridized carbons (Fsp3) is 0.333. The molecule has 4 amide bonds. The summed E-state index contributed by atoms with van der Waals surface area (Å²) < 4.78 is 0. The van der Waals surface area contributed by atoms with Gasteiger partial charge >= 0.3 is 6.03 Å². The molecule has 0 aromatic carbocycles. The Kier molecular flexibility index (Phi) is 2.69. The highest BCUT2D eigenvalue weighted by Gasteiger charge is 2.30. The van der Waals surface area contributed by atoms with Crippen LogP contribution in [0.4, 0.5) is 4.79 Å². The van der Waals surface area contributed by atoms with E-state index < -0.39 is 17.8 Å². The number of hydrogen-bond acceptors (Lipinski definition) is 5. The van der Waals surface area contributed by atoms with Gasteiger partial charge in [-0.05, 0) is 6.92 Å². The maximum Gasteiger partial charge on any atom is 0.331 e. The van der Waals surface area contributed by atoms with Crippen LogP contribution in [0, 0.1) is 6.92 Å². The monoisotopic (exact) mass is 239 g/mol. The Morgan fingerprint density at radius 1 is 1.50 bits per heavy atom. The lowest BCUT2D eigenvalue weighted by atomic mass is 10.3. The first-order valence-corrected chi connectivity index (χ1v) is 5.43. The van der Waals surface area contributed by atoms with Gasteiger partial charge in [-0.25, -0.2) is 9.78 Å². The first kappa shape index (κ1) is 10.7. The molecule has 84 valence electrons. The average Bonchev–Trinajstić information content (AvgIpc) is 2.58. The number of imide groups is 2. The van der Waals surface area contributed by atoms with Gasteiger partial charge in [0.05, 0.1) is 11.6 Å². The zero-order chi connectivity index (χ0) is 11.7. The molecule has 1 N–H and O–H groups in total. The number of thiazole rings is 1. The lowest BCUT2D eigenvalue weighted by Gasteiger charge is -2.23. The highest BCUT2D eigenvalue weighted by Crippen LogP contribution is 2.16. The van der Waals surface area contributed by atoms with Crippen LogP contribution in [0.1, 0.15) is 16.3 Å². The van der Waals surface area contributed by atoms with Crippen molar-refractivity contribution in [1.82, 2.24) is 15.2 Å². The van der Waals surface area contributed by atoms with Crippen molar-refractivity contribution in [2.24, 2.45) is 0 Å². The molecule has 0 bridgehead atoms. The van der Waals surface area contributed by atoms with Crippen LogP contribution in [0.25, 0.3) is 0 Å². The minimum absolute atomic E-state index is 0.170. The van der Waals surface area contributed by atoms with Crippen LogP contribution in [0.5, 0.6) is 0 Å². The van der Waals surface area contributed by atoms with Crippen molar-refractivity contribution in [3.8, 4) is 0 Å². The first-order valence-electron chi connectivity index (χ1n) is 4.62. The van der Waals surface area contributed by atoms with Gasteiger partial charge in [0.1, 0.15) is 6.42 Å². The van der Waals surface area contributed by atoms with Gasteiger partial charge < -0.3 is 0 Å². The zero-order valence-electron chi connectivity index (χ0n) is 8.52. The van der Waals surface area contributed by atoms with Gasteiger partial charge in [0.15, 0.2) is 0 Å². The minimum Gasteiger partial charge on any atom is -0.277 e. The summed E-state index contributed by atoms with van der Waals surface area (Å²) in [5, 5.41) is 2.97. The predicted molar refractivity (Wildman–Crippen MR) is 55.6 cm³/mol. The van der Waals surface area contributed by atoms with Crippen molar-refractivity contribution in [2.45, 2.75) is 19.9 Å². The van der Waals surface area contributed by atoms with Gasteiger partial charge in [-0.3, -0.25) is 19.8 Å². The van der Waals surface area contributed by atoms with Crippen molar-refractivity contribution >= 4 is 29.2 Å². The highest BCUT2D eigenvalue weighted by molar-refractivity contribution is 7.11. The molecule has 16 heavy (non-hydrogen) atoms. The van der Waals surface area contributed by atoms with Gasteiger partial charge in [-0.2, -0.15) is 0 Å². The Bertz CT molecular complexity index is 448. The molecule has 1 aromatic heterocycles. The Balaban J connectivity index is 2.12. The number of rotatable bonds is 2. The second-order valence-corrected chi connectivity index (χ2v) is 4.67. The van der Waals surface area contributed by atoms with E-state index in [1.807, 2.05) is 6.92 Å². The van der Waals surface area contributed by atoms with Crippen molar-refractivity contribution in [2.75, 3.05) is 0 Å². The molecule has 1 aromatic rings. The molecule has 1 aliphatic rings. The van der Waals surface area contributed by atoms with Gasteiger partial charge in [0.25, 0.3) is 0 Å². The molecule has 0 radical (unpaired) electrons. The van der Waals surface area contributed by atoms with Crippen LogP contribution in [-0.2, 0) is 16.1 Å². The Morgan fingerprint density at radius 3 is 2.81 bits per heavy atom. The number of carbonyl (C=O) groups excluding carboxylic acids is 3. The van der Waals surface area contributed by atoms with Crippen molar-refractivity contribution in [3.63, 3.8) is 0 Å². The van der Waals surface area contributed by atoms with E-state index in [-0.39, 0.29) is 13.0 Å². The van der Waals surface area contributed by atoms with Crippen LogP contribution in [0.2, 0.25) is 0 Å². The molecule has 2 heterocycles. The standard InChI is InChI=1S/C9H9N3O3S/c1-5-10-3-6(16-5)4-12-8(14)2-7(13)11-9(12)15/h3H,2,4H2,1H3,(H,11,13,15). The fourth-order valence-electron chi connectivity index (χ4n) is 1.37. The van der Waals surface area contributed by atoms with Crippen molar-refractivity contribution < 1.29 is 14.4 Å². The number of aromatic nitrogens is 1. The summed E-state index contributed by atoms with van der Waals surface area (Å²) in [5.41, 5.74) is 0. The van der Waals surface area contributed by atoms with E-state index in [4.69, 9.17) is 0 Å². The summed E-state index contributed by atoms with van der Waals surface area (Å²) in [6, 6.07) is -0.660. The van der Waals surface area contributed by atoms with E-state index in [2.05, 4.69) is 10.3 Å². The summed E-state index contributed by atoms with van der Waals surface area (Å²) in [7, 11) is 0. The molecule has 0 spiro atoms. The predicted octanol–water partition coefficient (Wildman–Crippen LogP) is 0.420. The molecule has 1 saturated heterocycles. The maximum absolute atomic E-state index is 11.5. The number of amides is 4. The minimum atomic E-state index is -0.660. The second kappa shape index (κ2) is 4.01. The largest absolute Gasteiger partial charge is 0.331 e. The fourth-order valence-corrected chi connectivity index (χ4v) is 2.16. The highest BCUT2D eigenvalue weighted by atomic mass is 32.1. The summed E-state index contributed by atoms with van der Waals surface area (Å²) in [5.74, 6) is -1.02. The van der Waals surface area contributed by atoms with Gasteiger partial charge in [0, 0.05) is 11.1 Å². The Morgan fingerprint density at radius 2 is 2.25 bits per heavy atom. The average molecular weight is 239 g/mol. The molecule has 0 aliphatic carbocycles. The van der Waals surface area contributed by atoms with Crippen molar-refractivity contribution in [1.29, 1.82) is 0 Å². The Hall–Kier alpha value is -1.76. The van der Waals surface area contributed by atoms with Gasteiger partial charge in [0.2, 0.25) is 11.8 Å². The molecular formula is C9H9N3O3S. The quantitative estimate of drug-likeness (QED) is 0.758. The summed E-state index contributed by atoms with van der Waals surface area (Å²) in [6.45, 7) is 2.01. The summed E-state index contributed by atoms with van der Waals surface area (Å²) >= 11 is 1.42. The molecule has 6 nitrogen and oxygen atoms in total. The van der Waals surface area contributed by atoms with E-state index in [0.29, 0.717) is 0 Å². The SMILES string of the molecule is Cc1ncc(CN2C(=O)CC(=O)NC2=O)s1. The van der Waals surface area contributed by atoms with E-state index in [1.165, 1.54) is 11.3 Å². The molecule has 0 unspecified atom stereocenters. The molecule has 0 atom stereocenters. The lowest BCUT2D eigenvalue weighted by Crippen LogP contribution is -2.52. The molecule has 7 heteroatoms. The smallest absolute Gasteiger partial charge is 0.277 e. The molecule has 2 rings (SSSR count). The number of aryl methyl sites for hydroxylation is 1. The van der Waals surface area contributed by atoms with E-state index >= 15 is 0 Å². The number of hydrogen-bond donors (Lipinski definition) is 1. The number of nitrogens with zero attached hydrogens (tertiary/aromatic N) is 2. The van der Waals surface area contributed by atoms with E-state index in [9.17, 15) is 14.4 Å². The number of nitrogens with one attached hydrogen (secondary N) is 1. The number of barbiturate groups is 1. The van der Waals surface area contributed by atoms with E-state index in [0.717, 1.165) is 14.8 Å².